The van der Waals surface area contributed by atoms with E-state index in [1.54, 1.807) is 12.4 Å². The predicted octanol–water partition coefficient (Wildman–Crippen LogP) is 0.886. The SMILES string of the molecule is NC(CO)c1nc(-c2cncc(Br)c2)no1. The van der Waals surface area contributed by atoms with E-state index >= 15 is 0 Å². The van der Waals surface area contributed by atoms with E-state index in [9.17, 15) is 0 Å². The quantitative estimate of drug-likeness (QED) is 0.869. The second kappa shape index (κ2) is 4.69. The Kier molecular flexibility index (Phi) is 3.28. The largest absolute Gasteiger partial charge is 0.394 e. The lowest BCUT2D eigenvalue weighted by Crippen LogP contribution is -2.14. The van der Waals surface area contributed by atoms with Gasteiger partial charge in [0.15, 0.2) is 0 Å². The van der Waals surface area contributed by atoms with Gasteiger partial charge < -0.3 is 15.4 Å². The van der Waals surface area contributed by atoms with Gasteiger partial charge in [0.2, 0.25) is 11.7 Å². The Labute approximate surface area is 99.6 Å². The van der Waals surface area contributed by atoms with Gasteiger partial charge in [0.25, 0.3) is 0 Å². The smallest absolute Gasteiger partial charge is 0.246 e. The molecule has 0 aliphatic carbocycles. The van der Waals surface area contributed by atoms with Crippen LogP contribution >= 0.6 is 15.9 Å². The van der Waals surface area contributed by atoms with E-state index < -0.39 is 6.04 Å². The number of nitrogens with zero attached hydrogens (tertiary/aromatic N) is 3. The van der Waals surface area contributed by atoms with Crippen LogP contribution in [0.25, 0.3) is 11.4 Å². The number of aliphatic hydroxyl groups is 1. The standard InChI is InChI=1S/C9H9BrN4O2/c10-6-1-5(2-12-3-6)8-13-9(16-14-8)7(11)4-15/h1-3,7,15H,4,11H2. The number of hydrogen-bond donors (Lipinski definition) is 2. The maximum absolute atomic E-state index is 8.84. The molecule has 0 fully saturated rings. The molecule has 0 radical (unpaired) electrons. The highest BCUT2D eigenvalue weighted by Crippen LogP contribution is 2.20. The molecule has 0 bridgehead atoms. The van der Waals surface area contributed by atoms with Gasteiger partial charge in [0.1, 0.15) is 6.04 Å². The summed E-state index contributed by atoms with van der Waals surface area (Å²) in [6, 6.07) is 1.16. The molecule has 0 aromatic carbocycles. The molecule has 3 N–H and O–H groups in total. The lowest BCUT2D eigenvalue weighted by molar-refractivity contribution is 0.237. The van der Waals surface area contributed by atoms with Gasteiger partial charge in [-0.25, -0.2) is 0 Å². The molecule has 16 heavy (non-hydrogen) atoms. The highest BCUT2D eigenvalue weighted by atomic mass is 79.9. The van der Waals surface area contributed by atoms with Crippen LogP contribution in [0.1, 0.15) is 11.9 Å². The van der Waals surface area contributed by atoms with Crippen LogP contribution in [0.4, 0.5) is 0 Å². The molecule has 1 atom stereocenters. The second-order valence-corrected chi connectivity index (χ2v) is 4.05. The Balaban J connectivity index is 2.31. The zero-order chi connectivity index (χ0) is 11.5. The molecular weight excluding hydrogens is 276 g/mol. The monoisotopic (exact) mass is 284 g/mol. The Morgan fingerprint density at radius 1 is 1.50 bits per heavy atom. The first kappa shape index (κ1) is 11.2. The molecule has 2 aromatic rings. The number of hydrogen-bond acceptors (Lipinski definition) is 6. The Hall–Kier alpha value is -1.31. The van der Waals surface area contributed by atoms with Crippen LogP contribution in [-0.2, 0) is 0 Å². The molecule has 0 aliphatic heterocycles. The molecule has 6 nitrogen and oxygen atoms in total. The van der Waals surface area contributed by atoms with Crippen molar-refractivity contribution in [1.29, 1.82) is 0 Å². The molecule has 0 saturated heterocycles. The average Bonchev–Trinajstić information content (AvgIpc) is 2.77. The number of aromatic nitrogens is 3. The molecule has 7 heteroatoms. The molecule has 0 aliphatic rings. The molecule has 0 spiro atoms. The zero-order valence-corrected chi connectivity index (χ0v) is 9.75. The Morgan fingerprint density at radius 3 is 3.00 bits per heavy atom. The number of nitrogens with two attached hydrogens (primary N) is 1. The molecule has 2 aromatic heterocycles. The normalized spacial score (nSPS) is 12.7. The van der Waals surface area contributed by atoms with E-state index in [1.165, 1.54) is 0 Å². The highest BCUT2D eigenvalue weighted by molar-refractivity contribution is 9.10. The fourth-order valence-electron chi connectivity index (χ4n) is 1.12. The molecule has 2 heterocycles. The molecule has 84 valence electrons. The van der Waals surface area contributed by atoms with Crippen LogP contribution in [0, 0.1) is 0 Å². The van der Waals surface area contributed by atoms with Gasteiger partial charge in [-0.1, -0.05) is 5.16 Å². The third-order valence-corrected chi connectivity index (χ3v) is 2.35. The van der Waals surface area contributed by atoms with Crippen molar-refractivity contribution in [2.45, 2.75) is 6.04 Å². The molecule has 0 saturated carbocycles. The van der Waals surface area contributed by atoms with Crippen LogP contribution < -0.4 is 5.73 Å². The van der Waals surface area contributed by atoms with E-state index in [2.05, 4.69) is 31.1 Å². The van der Waals surface area contributed by atoms with Crippen LogP contribution in [0.5, 0.6) is 0 Å². The summed E-state index contributed by atoms with van der Waals surface area (Å²) < 4.78 is 5.74. The molecule has 0 amide bonds. The molecule has 2 rings (SSSR count). The van der Waals surface area contributed by atoms with Gasteiger partial charge in [0, 0.05) is 22.4 Å². The number of halogens is 1. The first-order valence-electron chi connectivity index (χ1n) is 4.51. The van der Waals surface area contributed by atoms with Crippen LogP contribution in [0.15, 0.2) is 27.5 Å². The van der Waals surface area contributed by atoms with Crippen molar-refractivity contribution in [1.82, 2.24) is 15.1 Å². The zero-order valence-electron chi connectivity index (χ0n) is 8.17. The fourth-order valence-corrected chi connectivity index (χ4v) is 1.48. The minimum absolute atomic E-state index is 0.206. The first-order chi connectivity index (χ1) is 7.70. The average molecular weight is 285 g/mol. The second-order valence-electron chi connectivity index (χ2n) is 3.14. The summed E-state index contributed by atoms with van der Waals surface area (Å²) in [6.07, 6.45) is 3.27. The minimum Gasteiger partial charge on any atom is -0.394 e. The number of rotatable bonds is 3. The predicted molar refractivity (Wildman–Crippen MR) is 59.2 cm³/mol. The van der Waals surface area contributed by atoms with Crippen molar-refractivity contribution in [2.75, 3.05) is 6.61 Å². The highest BCUT2D eigenvalue weighted by Gasteiger charge is 2.14. The Bertz CT molecular complexity index is 488. The van der Waals surface area contributed by atoms with Crippen LogP contribution in [0.2, 0.25) is 0 Å². The van der Waals surface area contributed by atoms with E-state index in [-0.39, 0.29) is 12.5 Å². The number of pyridine rings is 1. The van der Waals surface area contributed by atoms with E-state index in [0.29, 0.717) is 5.82 Å². The summed E-state index contributed by atoms with van der Waals surface area (Å²) >= 11 is 3.30. The Morgan fingerprint density at radius 2 is 2.31 bits per heavy atom. The van der Waals surface area contributed by atoms with Gasteiger partial charge in [-0.15, -0.1) is 0 Å². The number of aliphatic hydroxyl groups excluding tert-OH is 1. The summed E-state index contributed by atoms with van der Waals surface area (Å²) in [5.41, 5.74) is 6.26. The first-order valence-corrected chi connectivity index (χ1v) is 5.31. The third-order valence-electron chi connectivity index (χ3n) is 1.92. The van der Waals surface area contributed by atoms with E-state index in [1.807, 2.05) is 6.07 Å². The van der Waals surface area contributed by atoms with Crippen molar-refractivity contribution in [3.8, 4) is 11.4 Å². The maximum atomic E-state index is 8.84. The van der Waals surface area contributed by atoms with E-state index in [0.717, 1.165) is 10.0 Å². The van der Waals surface area contributed by atoms with Crippen molar-refractivity contribution >= 4 is 15.9 Å². The van der Waals surface area contributed by atoms with Crippen molar-refractivity contribution in [2.24, 2.45) is 5.73 Å². The summed E-state index contributed by atoms with van der Waals surface area (Å²) in [7, 11) is 0. The summed E-state index contributed by atoms with van der Waals surface area (Å²) in [6.45, 7) is -0.238. The fraction of sp³-hybridized carbons (Fsp3) is 0.222. The lowest BCUT2D eigenvalue weighted by Gasteiger charge is -1.98. The summed E-state index contributed by atoms with van der Waals surface area (Å²) in [5, 5.41) is 12.6. The van der Waals surface area contributed by atoms with Gasteiger partial charge in [-0.3, -0.25) is 4.98 Å². The van der Waals surface area contributed by atoms with Gasteiger partial charge in [-0.05, 0) is 22.0 Å². The maximum Gasteiger partial charge on any atom is 0.246 e. The van der Waals surface area contributed by atoms with Gasteiger partial charge in [-0.2, -0.15) is 4.98 Å². The third kappa shape index (κ3) is 2.26. The van der Waals surface area contributed by atoms with Gasteiger partial charge in [0.05, 0.1) is 6.61 Å². The summed E-state index contributed by atoms with van der Waals surface area (Å²) in [4.78, 5) is 8.05. The molecular formula is C9H9BrN4O2. The lowest BCUT2D eigenvalue weighted by atomic mass is 10.3. The van der Waals surface area contributed by atoms with E-state index in [4.69, 9.17) is 15.4 Å². The van der Waals surface area contributed by atoms with Crippen molar-refractivity contribution in [3.05, 3.63) is 28.8 Å². The summed E-state index contributed by atoms with van der Waals surface area (Å²) in [5.74, 6) is 0.602. The minimum atomic E-state index is -0.652. The van der Waals surface area contributed by atoms with Crippen LogP contribution in [0.3, 0.4) is 0 Å². The van der Waals surface area contributed by atoms with Crippen LogP contribution in [-0.4, -0.2) is 26.8 Å². The van der Waals surface area contributed by atoms with Crippen molar-refractivity contribution in [3.63, 3.8) is 0 Å². The van der Waals surface area contributed by atoms with Crippen molar-refractivity contribution < 1.29 is 9.63 Å². The molecule has 1 unspecified atom stereocenters. The van der Waals surface area contributed by atoms with Gasteiger partial charge >= 0.3 is 0 Å². The topological polar surface area (TPSA) is 98.1 Å².